The van der Waals surface area contributed by atoms with Crippen molar-refractivity contribution in [3.05, 3.63) is 35.9 Å². The predicted molar refractivity (Wildman–Crippen MR) is 122 cm³/mol. The van der Waals surface area contributed by atoms with Crippen molar-refractivity contribution in [2.75, 3.05) is 39.4 Å². The minimum atomic E-state index is -0.479. The van der Waals surface area contributed by atoms with Crippen molar-refractivity contribution < 1.29 is 14.3 Å². The Kier molecular flexibility index (Phi) is 6.61. The maximum absolute atomic E-state index is 13.0. The van der Waals surface area contributed by atoms with Gasteiger partial charge in [-0.15, -0.1) is 0 Å². The SMILES string of the molecule is C[C@@H]1CN(Cc2ccccc2)[C@@H](CN2CCOCC23CCC3)CN1C(=O)OC(C)(C)C. The van der Waals surface area contributed by atoms with Crippen LogP contribution in [0.3, 0.4) is 0 Å². The molecule has 0 unspecified atom stereocenters. The summed E-state index contributed by atoms with van der Waals surface area (Å²) in [6.45, 7) is 14.0. The van der Waals surface area contributed by atoms with Gasteiger partial charge >= 0.3 is 6.09 Å². The molecule has 3 aliphatic rings. The first-order valence-electron chi connectivity index (χ1n) is 11.9. The molecule has 2 heterocycles. The van der Waals surface area contributed by atoms with Crippen LogP contribution < -0.4 is 0 Å². The zero-order chi connectivity index (χ0) is 22.1. The highest BCUT2D eigenvalue weighted by atomic mass is 16.6. The molecule has 4 rings (SSSR count). The van der Waals surface area contributed by atoms with Crippen molar-refractivity contribution in [3.63, 3.8) is 0 Å². The lowest BCUT2D eigenvalue weighted by Gasteiger charge is -2.55. The second kappa shape index (κ2) is 9.08. The lowest BCUT2D eigenvalue weighted by molar-refractivity contribution is -0.119. The van der Waals surface area contributed by atoms with Crippen LogP contribution in [-0.4, -0.2) is 83.4 Å². The number of carbonyl (C=O) groups is 1. The van der Waals surface area contributed by atoms with Gasteiger partial charge in [0, 0.05) is 50.3 Å². The van der Waals surface area contributed by atoms with E-state index >= 15 is 0 Å². The Morgan fingerprint density at radius 3 is 2.58 bits per heavy atom. The largest absolute Gasteiger partial charge is 0.444 e. The molecule has 0 radical (unpaired) electrons. The number of morpholine rings is 1. The number of nitrogens with zero attached hydrogens (tertiary/aromatic N) is 3. The van der Waals surface area contributed by atoms with Crippen LogP contribution in [0, 0.1) is 0 Å². The van der Waals surface area contributed by atoms with Crippen molar-refractivity contribution in [1.29, 1.82) is 0 Å². The van der Waals surface area contributed by atoms with Gasteiger partial charge in [-0.05, 0) is 52.5 Å². The highest BCUT2D eigenvalue weighted by Crippen LogP contribution is 2.40. The first kappa shape index (κ1) is 22.6. The van der Waals surface area contributed by atoms with Gasteiger partial charge in [0.2, 0.25) is 0 Å². The van der Waals surface area contributed by atoms with E-state index in [9.17, 15) is 4.79 Å². The molecule has 1 spiro atoms. The molecule has 6 heteroatoms. The van der Waals surface area contributed by atoms with Crippen LogP contribution in [-0.2, 0) is 16.0 Å². The number of carbonyl (C=O) groups excluding carboxylic acids is 1. The van der Waals surface area contributed by atoms with Crippen molar-refractivity contribution in [2.45, 2.75) is 76.7 Å². The fraction of sp³-hybridized carbons (Fsp3) is 0.720. The zero-order valence-corrected chi connectivity index (χ0v) is 19.7. The third kappa shape index (κ3) is 5.24. The van der Waals surface area contributed by atoms with Crippen LogP contribution in [0.25, 0.3) is 0 Å². The zero-order valence-electron chi connectivity index (χ0n) is 19.7. The molecule has 0 aromatic heterocycles. The smallest absolute Gasteiger partial charge is 0.410 e. The Balaban J connectivity index is 1.52. The molecule has 1 aliphatic carbocycles. The molecule has 2 atom stereocenters. The van der Waals surface area contributed by atoms with E-state index in [-0.39, 0.29) is 23.7 Å². The van der Waals surface area contributed by atoms with Crippen LogP contribution in [0.2, 0.25) is 0 Å². The van der Waals surface area contributed by atoms with E-state index in [1.807, 2.05) is 25.7 Å². The van der Waals surface area contributed by atoms with Gasteiger partial charge in [0.05, 0.1) is 13.2 Å². The molecule has 172 valence electrons. The van der Waals surface area contributed by atoms with E-state index in [1.165, 1.54) is 24.8 Å². The summed E-state index contributed by atoms with van der Waals surface area (Å²) < 4.78 is 11.6. The summed E-state index contributed by atoms with van der Waals surface area (Å²) >= 11 is 0. The number of piperazine rings is 1. The standard InChI is InChI=1S/C25H39N3O3/c1-20-15-26(16-21-9-6-5-7-10-21)22(18-28(20)23(29)31-24(2,3)4)17-27-13-14-30-19-25(27)11-8-12-25/h5-7,9-10,20,22H,8,11-19H2,1-4H3/t20-,22+/m1/s1. The molecule has 6 nitrogen and oxygen atoms in total. The molecule has 31 heavy (non-hydrogen) atoms. The Morgan fingerprint density at radius 2 is 1.94 bits per heavy atom. The van der Waals surface area contributed by atoms with Gasteiger partial charge in [-0.3, -0.25) is 9.80 Å². The Hall–Kier alpha value is -1.63. The van der Waals surface area contributed by atoms with Crippen molar-refractivity contribution in [2.24, 2.45) is 0 Å². The molecule has 1 aromatic carbocycles. The first-order valence-corrected chi connectivity index (χ1v) is 11.9. The summed E-state index contributed by atoms with van der Waals surface area (Å²) in [7, 11) is 0. The number of rotatable bonds is 4. The normalized spacial score (nSPS) is 27.2. The molecule has 0 N–H and O–H groups in total. The lowest BCUT2D eigenvalue weighted by atomic mass is 9.75. The van der Waals surface area contributed by atoms with E-state index in [0.29, 0.717) is 6.54 Å². The average molecular weight is 430 g/mol. The van der Waals surface area contributed by atoms with E-state index in [0.717, 1.165) is 39.4 Å². The molecule has 2 saturated heterocycles. The number of ether oxygens (including phenoxy) is 2. The lowest BCUT2D eigenvalue weighted by Crippen LogP contribution is -2.67. The summed E-state index contributed by atoms with van der Waals surface area (Å²) in [6, 6.07) is 11.1. The summed E-state index contributed by atoms with van der Waals surface area (Å²) in [5.74, 6) is 0. The first-order chi connectivity index (χ1) is 14.8. The van der Waals surface area contributed by atoms with Gasteiger partial charge in [-0.1, -0.05) is 30.3 Å². The summed E-state index contributed by atoms with van der Waals surface area (Å²) in [5.41, 5.74) is 1.06. The average Bonchev–Trinajstić information content (AvgIpc) is 2.68. The molecule has 1 amide bonds. The molecule has 3 fully saturated rings. The Morgan fingerprint density at radius 1 is 1.19 bits per heavy atom. The highest BCUT2D eigenvalue weighted by molar-refractivity contribution is 5.68. The van der Waals surface area contributed by atoms with Crippen LogP contribution in [0.1, 0.15) is 52.5 Å². The summed E-state index contributed by atoms with van der Waals surface area (Å²) in [6.07, 6.45) is 3.55. The van der Waals surface area contributed by atoms with Crippen LogP contribution in [0.15, 0.2) is 30.3 Å². The minimum absolute atomic E-state index is 0.122. The monoisotopic (exact) mass is 429 g/mol. The summed E-state index contributed by atoms with van der Waals surface area (Å²) in [4.78, 5) is 20.2. The number of hydrogen-bond acceptors (Lipinski definition) is 5. The van der Waals surface area contributed by atoms with Crippen molar-refractivity contribution in [3.8, 4) is 0 Å². The van der Waals surface area contributed by atoms with Gasteiger partial charge < -0.3 is 14.4 Å². The minimum Gasteiger partial charge on any atom is -0.444 e. The number of benzene rings is 1. The van der Waals surface area contributed by atoms with Crippen molar-refractivity contribution >= 4 is 6.09 Å². The summed E-state index contributed by atoms with van der Waals surface area (Å²) in [5, 5.41) is 0. The fourth-order valence-corrected chi connectivity index (χ4v) is 5.22. The molecular weight excluding hydrogens is 390 g/mol. The fourth-order valence-electron chi connectivity index (χ4n) is 5.22. The van der Waals surface area contributed by atoms with Gasteiger partial charge in [0.1, 0.15) is 5.60 Å². The van der Waals surface area contributed by atoms with Gasteiger partial charge in [-0.25, -0.2) is 4.79 Å². The van der Waals surface area contributed by atoms with E-state index in [2.05, 4.69) is 47.1 Å². The van der Waals surface area contributed by atoms with Crippen LogP contribution in [0.5, 0.6) is 0 Å². The maximum Gasteiger partial charge on any atom is 0.410 e. The number of hydrogen-bond donors (Lipinski definition) is 0. The maximum atomic E-state index is 13.0. The molecule has 0 bridgehead atoms. The molecule has 1 saturated carbocycles. The Labute approximate surface area is 187 Å². The Bertz CT molecular complexity index is 744. The third-order valence-electron chi connectivity index (χ3n) is 7.07. The predicted octanol–water partition coefficient (Wildman–Crippen LogP) is 3.75. The quantitative estimate of drug-likeness (QED) is 0.729. The van der Waals surface area contributed by atoms with Gasteiger partial charge in [0.25, 0.3) is 0 Å². The second-order valence-electron chi connectivity index (χ2n) is 10.6. The van der Waals surface area contributed by atoms with Crippen LogP contribution >= 0.6 is 0 Å². The highest BCUT2D eigenvalue weighted by Gasteiger charge is 2.46. The van der Waals surface area contributed by atoms with Gasteiger partial charge in [-0.2, -0.15) is 0 Å². The topological polar surface area (TPSA) is 45.2 Å². The van der Waals surface area contributed by atoms with E-state index < -0.39 is 5.60 Å². The second-order valence-corrected chi connectivity index (χ2v) is 10.6. The molecule has 1 aromatic rings. The van der Waals surface area contributed by atoms with Crippen LogP contribution in [0.4, 0.5) is 4.79 Å². The van der Waals surface area contributed by atoms with E-state index in [1.54, 1.807) is 0 Å². The number of amides is 1. The van der Waals surface area contributed by atoms with Gasteiger partial charge in [0.15, 0.2) is 0 Å². The third-order valence-corrected chi connectivity index (χ3v) is 7.07. The van der Waals surface area contributed by atoms with Crippen molar-refractivity contribution in [1.82, 2.24) is 14.7 Å². The molecular formula is C25H39N3O3. The molecule has 2 aliphatic heterocycles. The van der Waals surface area contributed by atoms with E-state index in [4.69, 9.17) is 9.47 Å².